The van der Waals surface area contributed by atoms with Crippen LogP contribution in [0.25, 0.3) is 0 Å². The van der Waals surface area contributed by atoms with Crippen molar-refractivity contribution >= 4 is 37.6 Å². The highest BCUT2D eigenvalue weighted by molar-refractivity contribution is 9.10. The normalized spacial score (nSPS) is 10.6. The third-order valence-electron chi connectivity index (χ3n) is 2.28. The molecule has 0 spiro atoms. The minimum absolute atomic E-state index is 0.273. The number of benzene rings is 1. The second kappa shape index (κ2) is 4.70. The van der Waals surface area contributed by atoms with E-state index in [1.54, 1.807) is 7.05 Å². The lowest BCUT2D eigenvalue weighted by Crippen LogP contribution is -2.10. The number of aryl methyl sites for hydroxylation is 1. The van der Waals surface area contributed by atoms with E-state index in [-0.39, 0.29) is 11.3 Å². The first kappa shape index (κ1) is 12.4. The van der Waals surface area contributed by atoms with E-state index in [4.69, 9.17) is 0 Å². The molecule has 0 saturated heterocycles. The largest absolute Gasteiger partial charge is 0.287 e. The smallest absolute Gasteiger partial charge is 0.213 e. The molecule has 0 saturated carbocycles. The predicted molar refractivity (Wildman–Crippen MR) is 68.4 cm³/mol. The van der Waals surface area contributed by atoms with Crippen molar-refractivity contribution in [2.45, 2.75) is 0 Å². The molecule has 0 amide bonds. The Hall–Kier alpha value is -1.01. The Kier molecular flexibility index (Phi) is 3.44. The number of halogens is 3. The van der Waals surface area contributed by atoms with E-state index in [2.05, 4.69) is 37.0 Å². The summed E-state index contributed by atoms with van der Waals surface area (Å²) in [5.41, 5.74) is 0.658. The van der Waals surface area contributed by atoms with Crippen molar-refractivity contribution in [1.29, 1.82) is 0 Å². The summed E-state index contributed by atoms with van der Waals surface area (Å²) in [4.78, 5) is 12.2. The van der Waals surface area contributed by atoms with Gasteiger partial charge in [0.25, 0.3) is 0 Å². The SMILES string of the molecule is Cn1ncc(Br)c1C(=O)c1cc(F)ccc1Br. The van der Waals surface area contributed by atoms with Crippen molar-refractivity contribution in [2.75, 3.05) is 0 Å². The summed E-state index contributed by atoms with van der Waals surface area (Å²) in [5.74, 6) is -0.738. The van der Waals surface area contributed by atoms with Gasteiger partial charge in [-0.05, 0) is 34.1 Å². The van der Waals surface area contributed by atoms with Crippen molar-refractivity contribution < 1.29 is 9.18 Å². The van der Waals surface area contributed by atoms with Crippen LogP contribution in [-0.2, 0) is 7.05 Å². The van der Waals surface area contributed by atoms with Crippen LogP contribution in [-0.4, -0.2) is 15.6 Å². The highest BCUT2D eigenvalue weighted by Crippen LogP contribution is 2.24. The Morgan fingerprint density at radius 1 is 1.35 bits per heavy atom. The standard InChI is InChI=1S/C11H7Br2FN2O/c1-16-10(9(13)5-15-16)11(17)7-4-6(14)2-3-8(7)12/h2-5H,1H3. The topological polar surface area (TPSA) is 34.9 Å². The van der Waals surface area contributed by atoms with E-state index in [1.807, 2.05) is 0 Å². The van der Waals surface area contributed by atoms with Crippen LogP contribution in [0.1, 0.15) is 16.1 Å². The van der Waals surface area contributed by atoms with Crippen molar-refractivity contribution in [3.8, 4) is 0 Å². The van der Waals surface area contributed by atoms with Crippen molar-refractivity contribution in [2.24, 2.45) is 7.05 Å². The summed E-state index contributed by atoms with van der Waals surface area (Å²) in [7, 11) is 1.66. The fourth-order valence-electron chi connectivity index (χ4n) is 1.47. The van der Waals surface area contributed by atoms with Crippen LogP contribution in [0.3, 0.4) is 0 Å². The van der Waals surface area contributed by atoms with E-state index in [0.717, 1.165) is 0 Å². The molecule has 1 aromatic carbocycles. The zero-order valence-corrected chi connectivity index (χ0v) is 11.9. The molecule has 1 heterocycles. The van der Waals surface area contributed by atoms with Crippen molar-refractivity contribution in [1.82, 2.24) is 9.78 Å². The molecule has 6 heteroatoms. The zero-order valence-electron chi connectivity index (χ0n) is 8.75. The summed E-state index contributed by atoms with van der Waals surface area (Å²) in [5, 5.41) is 3.95. The highest BCUT2D eigenvalue weighted by Gasteiger charge is 2.19. The fourth-order valence-corrected chi connectivity index (χ4v) is 2.42. The van der Waals surface area contributed by atoms with Gasteiger partial charge in [0.05, 0.1) is 10.7 Å². The lowest BCUT2D eigenvalue weighted by Gasteiger charge is -2.05. The maximum Gasteiger partial charge on any atom is 0.213 e. The van der Waals surface area contributed by atoms with Gasteiger partial charge in [-0.25, -0.2) is 4.39 Å². The van der Waals surface area contributed by atoms with E-state index in [9.17, 15) is 9.18 Å². The Morgan fingerprint density at radius 3 is 2.65 bits per heavy atom. The molecule has 0 bridgehead atoms. The molecule has 0 radical (unpaired) electrons. The Labute approximate surface area is 114 Å². The van der Waals surface area contributed by atoms with Crippen LogP contribution >= 0.6 is 31.9 Å². The number of nitrogens with zero attached hydrogens (tertiary/aromatic N) is 2. The number of rotatable bonds is 2. The molecule has 17 heavy (non-hydrogen) atoms. The molecule has 3 nitrogen and oxygen atoms in total. The first-order chi connectivity index (χ1) is 8.00. The number of carbonyl (C=O) groups excluding carboxylic acids is 1. The fraction of sp³-hybridized carbons (Fsp3) is 0.0909. The minimum atomic E-state index is -0.449. The minimum Gasteiger partial charge on any atom is -0.287 e. The average molecular weight is 362 g/mol. The average Bonchev–Trinajstić information content (AvgIpc) is 2.61. The lowest BCUT2D eigenvalue weighted by atomic mass is 10.1. The van der Waals surface area contributed by atoms with Gasteiger partial charge in [-0.3, -0.25) is 9.48 Å². The Morgan fingerprint density at radius 2 is 2.06 bits per heavy atom. The second-order valence-corrected chi connectivity index (χ2v) is 5.13. The molecule has 2 rings (SSSR count). The lowest BCUT2D eigenvalue weighted by molar-refractivity contribution is 0.102. The molecule has 0 N–H and O–H groups in total. The molecule has 0 unspecified atom stereocenters. The van der Waals surface area contributed by atoms with Crippen molar-refractivity contribution in [3.63, 3.8) is 0 Å². The second-order valence-electron chi connectivity index (χ2n) is 3.42. The van der Waals surface area contributed by atoms with Crippen LogP contribution in [0.5, 0.6) is 0 Å². The number of ketones is 1. The first-order valence-electron chi connectivity index (χ1n) is 4.68. The first-order valence-corrected chi connectivity index (χ1v) is 6.26. The van der Waals surface area contributed by atoms with Gasteiger partial charge in [0.2, 0.25) is 5.78 Å². The third-order valence-corrected chi connectivity index (χ3v) is 3.55. The van der Waals surface area contributed by atoms with Crippen LogP contribution in [0.15, 0.2) is 33.3 Å². The van der Waals surface area contributed by atoms with E-state index < -0.39 is 5.82 Å². The van der Waals surface area contributed by atoms with Crippen LogP contribution in [0.2, 0.25) is 0 Å². The molecule has 1 aromatic heterocycles. The molecule has 0 atom stereocenters. The van der Waals surface area contributed by atoms with Gasteiger partial charge in [0.15, 0.2) is 0 Å². The monoisotopic (exact) mass is 360 g/mol. The molecule has 2 aromatic rings. The van der Waals surface area contributed by atoms with Gasteiger partial charge in [0.1, 0.15) is 11.5 Å². The summed E-state index contributed by atoms with van der Waals surface area (Å²) in [6, 6.07) is 4.00. The van der Waals surface area contributed by atoms with Gasteiger partial charge in [-0.15, -0.1) is 0 Å². The maximum absolute atomic E-state index is 13.1. The van der Waals surface area contributed by atoms with E-state index in [1.165, 1.54) is 29.1 Å². The van der Waals surface area contributed by atoms with Crippen LogP contribution in [0, 0.1) is 5.82 Å². The molecule has 88 valence electrons. The quantitative estimate of drug-likeness (QED) is 0.769. The number of aromatic nitrogens is 2. The van der Waals surface area contributed by atoms with Gasteiger partial charge < -0.3 is 0 Å². The van der Waals surface area contributed by atoms with E-state index in [0.29, 0.717) is 14.6 Å². The molecule has 0 aliphatic heterocycles. The number of hydrogen-bond donors (Lipinski definition) is 0. The Balaban J connectivity index is 2.55. The third kappa shape index (κ3) is 2.32. The van der Waals surface area contributed by atoms with Gasteiger partial charge in [-0.1, -0.05) is 15.9 Å². The van der Waals surface area contributed by atoms with E-state index >= 15 is 0 Å². The summed E-state index contributed by atoms with van der Waals surface area (Å²) < 4.78 is 15.7. The Bertz CT molecular complexity index is 576. The molecular weight excluding hydrogens is 355 g/mol. The van der Waals surface area contributed by atoms with Crippen LogP contribution < -0.4 is 0 Å². The highest BCUT2D eigenvalue weighted by atomic mass is 79.9. The number of hydrogen-bond acceptors (Lipinski definition) is 2. The molecular formula is C11H7Br2FN2O. The predicted octanol–water partition coefficient (Wildman–Crippen LogP) is 3.32. The zero-order chi connectivity index (χ0) is 12.6. The summed E-state index contributed by atoms with van der Waals surface area (Å²) >= 11 is 6.48. The van der Waals surface area contributed by atoms with Gasteiger partial charge in [-0.2, -0.15) is 5.10 Å². The maximum atomic E-state index is 13.1. The number of carbonyl (C=O) groups is 1. The van der Waals surface area contributed by atoms with Gasteiger partial charge in [0, 0.05) is 17.1 Å². The molecule has 0 fully saturated rings. The van der Waals surface area contributed by atoms with Crippen LogP contribution in [0.4, 0.5) is 4.39 Å². The summed E-state index contributed by atoms with van der Waals surface area (Å²) in [6.45, 7) is 0. The van der Waals surface area contributed by atoms with Crippen molar-refractivity contribution in [3.05, 3.63) is 50.4 Å². The molecule has 0 aliphatic rings. The molecule has 0 aliphatic carbocycles. The summed E-state index contributed by atoms with van der Waals surface area (Å²) in [6.07, 6.45) is 1.53. The van der Waals surface area contributed by atoms with Gasteiger partial charge >= 0.3 is 0 Å².